The van der Waals surface area contributed by atoms with Crippen molar-refractivity contribution in [3.63, 3.8) is 0 Å². The first kappa shape index (κ1) is 22.5. The van der Waals surface area contributed by atoms with Crippen LogP contribution in [-0.4, -0.2) is 44.2 Å². The minimum absolute atomic E-state index is 0.0511. The summed E-state index contributed by atoms with van der Waals surface area (Å²) in [5.74, 6) is -0.297. The molecule has 158 valence electrons. The van der Waals surface area contributed by atoms with Crippen LogP contribution in [0, 0.1) is 5.82 Å². The third kappa shape index (κ3) is 6.98. The van der Waals surface area contributed by atoms with Crippen LogP contribution in [0.2, 0.25) is 0 Å². The second-order valence-electron chi connectivity index (χ2n) is 6.62. The summed E-state index contributed by atoms with van der Waals surface area (Å²) in [5, 5.41) is 2.85. The Bertz CT molecular complexity index is 800. The molecule has 5 nitrogen and oxygen atoms in total. The van der Waals surface area contributed by atoms with Gasteiger partial charge in [-0.15, -0.1) is 0 Å². The third-order valence-electron chi connectivity index (χ3n) is 4.54. The lowest BCUT2D eigenvalue weighted by Gasteiger charge is -2.24. The average Bonchev–Trinajstić information content (AvgIpc) is 2.68. The third-order valence-corrected chi connectivity index (χ3v) is 4.54. The molecule has 29 heavy (non-hydrogen) atoms. The molecule has 1 N–H and O–H groups in total. The van der Waals surface area contributed by atoms with E-state index < -0.39 is 12.7 Å². The van der Waals surface area contributed by atoms with Crippen molar-refractivity contribution in [3.05, 3.63) is 59.4 Å². The van der Waals surface area contributed by atoms with E-state index in [1.807, 2.05) is 0 Å². The van der Waals surface area contributed by atoms with Gasteiger partial charge in [0, 0.05) is 13.1 Å². The van der Waals surface area contributed by atoms with Crippen molar-refractivity contribution in [3.8, 4) is 11.5 Å². The van der Waals surface area contributed by atoms with Crippen molar-refractivity contribution in [1.82, 2.24) is 10.2 Å². The van der Waals surface area contributed by atoms with Crippen LogP contribution in [0.5, 0.6) is 11.5 Å². The van der Waals surface area contributed by atoms with Crippen LogP contribution in [0.3, 0.4) is 0 Å². The monoisotopic (exact) mass is 410 g/mol. The summed E-state index contributed by atoms with van der Waals surface area (Å²) in [6.45, 7) is -0.413. The number of hydrogen-bond donors (Lipinski definition) is 1. The van der Waals surface area contributed by atoms with Gasteiger partial charge >= 0.3 is 6.61 Å². The molecule has 0 radical (unpaired) electrons. The molecule has 0 aliphatic heterocycles. The standard InChI is InChI=1S/C21H25F3N2O3/c1-14(20(27)25-11-10-15-4-7-17(22)8-5-15)26(2)13-16-6-9-18(28-3)19(12-16)29-21(23)24/h4-9,12,14,21H,10-11,13H2,1-3H3,(H,25,27). The molecule has 0 spiro atoms. The van der Waals surface area contributed by atoms with E-state index in [1.54, 1.807) is 43.1 Å². The van der Waals surface area contributed by atoms with Crippen molar-refractivity contribution in [2.75, 3.05) is 20.7 Å². The van der Waals surface area contributed by atoms with E-state index >= 15 is 0 Å². The van der Waals surface area contributed by atoms with Crippen LogP contribution in [-0.2, 0) is 17.8 Å². The zero-order valence-corrected chi connectivity index (χ0v) is 16.6. The largest absolute Gasteiger partial charge is 0.493 e. The van der Waals surface area contributed by atoms with Crippen LogP contribution < -0.4 is 14.8 Å². The first-order valence-electron chi connectivity index (χ1n) is 9.14. The molecule has 1 amide bonds. The Hall–Kier alpha value is -2.74. The Morgan fingerprint density at radius 2 is 1.76 bits per heavy atom. The second-order valence-corrected chi connectivity index (χ2v) is 6.62. The van der Waals surface area contributed by atoms with Crippen molar-refractivity contribution < 1.29 is 27.4 Å². The first-order chi connectivity index (χ1) is 13.8. The fraction of sp³-hybridized carbons (Fsp3) is 0.381. The summed E-state index contributed by atoms with van der Waals surface area (Å²) in [5.41, 5.74) is 1.63. The highest BCUT2D eigenvalue weighted by molar-refractivity contribution is 5.81. The van der Waals surface area contributed by atoms with Gasteiger partial charge in [-0.3, -0.25) is 9.69 Å². The van der Waals surface area contributed by atoms with Crippen molar-refractivity contribution in [2.24, 2.45) is 0 Å². The number of amides is 1. The molecule has 8 heteroatoms. The van der Waals surface area contributed by atoms with Crippen LogP contribution >= 0.6 is 0 Å². The minimum atomic E-state index is -2.96. The molecule has 2 aromatic carbocycles. The number of alkyl halides is 2. The van der Waals surface area contributed by atoms with Gasteiger partial charge in [-0.1, -0.05) is 18.2 Å². The summed E-state index contributed by atoms with van der Waals surface area (Å²) >= 11 is 0. The van der Waals surface area contributed by atoms with Gasteiger partial charge in [-0.05, 0) is 55.8 Å². The molecule has 0 bridgehead atoms. The average molecular weight is 410 g/mol. The van der Waals surface area contributed by atoms with Gasteiger partial charge in [0.2, 0.25) is 5.91 Å². The molecular weight excluding hydrogens is 385 g/mol. The lowest BCUT2D eigenvalue weighted by atomic mass is 10.1. The molecule has 2 aromatic rings. The second kappa shape index (κ2) is 10.7. The highest BCUT2D eigenvalue weighted by atomic mass is 19.3. The maximum Gasteiger partial charge on any atom is 0.387 e. The number of likely N-dealkylation sites (N-methyl/N-ethyl adjacent to an activating group) is 1. The number of carbonyl (C=O) groups excluding carboxylic acids is 1. The number of hydrogen-bond acceptors (Lipinski definition) is 4. The molecule has 0 aliphatic carbocycles. The SMILES string of the molecule is COc1ccc(CN(C)C(C)C(=O)NCCc2ccc(F)cc2)cc1OC(F)F. The van der Waals surface area contributed by atoms with Crippen LogP contribution in [0.1, 0.15) is 18.1 Å². The van der Waals surface area contributed by atoms with E-state index in [2.05, 4.69) is 10.1 Å². The lowest BCUT2D eigenvalue weighted by molar-refractivity contribution is -0.125. The maximum absolute atomic E-state index is 12.9. The molecule has 2 rings (SSSR count). The molecule has 0 aliphatic rings. The number of halogens is 3. The Morgan fingerprint density at radius 1 is 1.10 bits per heavy atom. The van der Waals surface area contributed by atoms with Gasteiger partial charge in [0.1, 0.15) is 5.82 Å². The zero-order chi connectivity index (χ0) is 21.4. The first-order valence-corrected chi connectivity index (χ1v) is 9.14. The smallest absolute Gasteiger partial charge is 0.387 e. The Labute approximate surface area is 168 Å². The van der Waals surface area contributed by atoms with E-state index in [0.29, 0.717) is 25.1 Å². The Balaban J connectivity index is 1.89. The lowest BCUT2D eigenvalue weighted by Crippen LogP contribution is -2.43. The van der Waals surface area contributed by atoms with Gasteiger partial charge in [0.25, 0.3) is 0 Å². The Kier molecular flexibility index (Phi) is 8.33. The van der Waals surface area contributed by atoms with Gasteiger partial charge < -0.3 is 14.8 Å². The fourth-order valence-corrected chi connectivity index (χ4v) is 2.76. The van der Waals surface area contributed by atoms with Crippen LogP contribution in [0.25, 0.3) is 0 Å². The van der Waals surface area contributed by atoms with Gasteiger partial charge in [-0.2, -0.15) is 8.78 Å². The van der Waals surface area contributed by atoms with E-state index in [0.717, 1.165) is 5.56 Å². The fourth-order valence-electron chi connectivity index (χ4n) is 2.76. The topological polar surface area (TPSA) is 50.8 Å². The van der Waals surface area contributed by atoms with Crippen LogP contribution in [0.15, 0.2) is 42.5 Å². The van der Waals surface area contributed by atoms with E-state index in [1.165, 1.54) is 25.3 Å². The molecule has 0 saturated heterocycles. The van der Waals surface area contributed by atoms with E-state index in [9.17, 15) is 18.0 Å². The molecule has 1 atom stereocenters. The van der Waals surface area contributed by atoms with Gasteiger partial charge in [0.15, 0.2) is 11.5 Å². The maximum atomic E-state index is 12.9. The summed E-state index contributed by atoms with van der Waals surface area (Å²) in [4.78, 5) is 14.2. The van der Waals surface area contributed by atoms with Gasteiger partial charge in [0.05, 0.1) is 13.2 Å². The van der Waals surface area contributed by atoms with E-state index in [4.69, 9.17) is 4.74 Å². The van der Waals surface area contributed by atoms with Crippen molar-refractivity contribution in [2.45, 2.75) is 32.5 Å². The van der Waals surface area contributed by atoms with Gasteiger partial charge in [-0.25, -0.2) is 4.39 Å². The summed E-state index contributed by atoms with van der Waals surface area (Å²) in [6.07, 6.45) is 0.593. The molecular formula is C21H25F3N2O3. The number of ether oxygens (including phenoxy) is 2. The van der Waals surface area contributed by atoms with Crippen LogP contribution in [0.4, 0.5) is 13.2 Å². The Morgan fingerprint density at radius 3 is 2.38 bits per heavy atom. The molecule has 0 aromatic heterocycles. The number of methoxy groups -OCH3 is 1. The highest BCUT2D eigenvalue weighted by Gasteiger charge is 2.19. The van der Waals surface area contributed by atoms with Crippen molar-refractivity contribution >= 4 is 5.91 Å². The predicted octanol–water partition coefficient (Wildman–Crippen LogP) is 3.61. The summed E-state index contributed by atoms with van der Waals surface area (Å²) in [6, 6.07) is 10.4. The zero-order valence-electron chi connectivity index (χ0n) is 16.6. The number of rotatable bonds is 10. The molecule has 0 fully saturated rings. The molecule has 0 heterocycles. The highest BCUT2D eigenvalue weighted by Crippen LogP contribution is 2.30. The quantitative estimate of drug-likeness (QED) is 0.650. The molecule has 0 saturated carbocycles. The molecule has 1 unspecified atom stereocenters. The minimum Gasteiger partial charge on any atom is -0.493 e. The number of nitrogens with one attached hydrogen (secondary N) is 1. The number of nitrogens with zero attached hydrogens (tertiary/aromatic N) is 1. The summed E-state index contributed by atoms with van der Waals surface area (Å²) in [7, 11) is 3.14. The van der Waals surface area contributed by atoms with E-state index in [-0.39, 0.29) is 23.2 Å². The predicted molar refractivity (Wildman–Crippen MR) is 104 cm³/mol. The van der Waals surface area contributed by atoms with Crippen molar-refractivity contribution in [1.29, 1.82) is 0 Å². The summed E-state index contributed by atoms with van der Waals surface area (Å²) < 4.78 is 47.6. The number of benzene rings is 2. The normalized spacial score (nSPS) is 12.1. The number of carbonyl (C=O) groups is 1.